The van der Waals surface area contributed by atoms with Gasteiger partial charge in [-0.15, -0.1) is 0 Å². The first-order valence-corrected chi connectivity index (χ1v) is 6.08. The number of carbonyl (C=O) groups excluding carboxylic acids is 3. The molecule has 4 nitrogen and oxygen atoms in total. The minimum absolute atomic E-state index is 0.00523. The summed E-state index contributed by atoms with van der Waals surface area (Å²) in [6.07, 6.45) is 1.75. The van der Waals surface area contributed by atoms with E-state index in [0.29, 0.717) is 5.56 Å². The third-order valence-corrected chi connectivity index (χ3v) is 2.81. The van der Waals surface area contributed by atoms with E-state index in [1.807, 2.05) is 50.0 Å². The van der Waals surface area contributed by atoms with Crippen LogP contribution in [0.3, 0.4) is 0 Å². The Bertz CT molecular complexity index is 618. The minimum atomic E-state index is 0.00523. The van der Waals surface area contributed by atoms with E-state index < -0.39 is 0 Å². The summed E-state index contributed by atoms with van der Waals surface area (Å²) >= 11 is 0. The summed E-state index contributed by atoms with van der Waals surface area (Å²) in [5.74, 6) is 0.00523. The maximum atomic E-state index is 12.0. The molecule has 0 unspecified atom stereocenters. The van der Waals surface area contributed by atoms with Crippen LogP contribution in [0.1, 0.15) is 15.9 Å². The van der Waals surface area contributed by atoms with Crippen molar-refractivity contribution in [2.45, 2.75) is 0 Å². The normalized spacial score (nSPS) is 8.67. The van der Waals surface area contributed by atoms with Gasteiger partial charge in [0.05, 0.1) is 0 Å². The molecule has 2 aromatic carbocycles. The predicted octanol–water partition coefficient (Wildman–Crippen LogP) is 2.81. The van der Waals surface area contributed by atoms with Crippen molar-refractivity contribution in [3.8, 4) is 0 Å². The number of amides is 1. The van der Waals surface area contributed by atoms with Crippen LogP contribution >= 0.6 is 0 Å². The summed E-state index contributed by atoms with van der Waals surface area (Å²) in [6, 6.07) is 11.8. The predicted molar refractivity (Wildman–Crippen MR) is 86.3 cm³/mol. The van der Waals surface area contributed by atoms with Gasteiger partial charge < -0.3 is 14.5 Å². The first-order chi connectivity index (χ1) is 10.1. The van der Waals surface area contributed by atoms with Gasteiger partial charge in [0, 0.05) is 19.7 Å². The van der Waals surface area contributed by atoms with E-state index in [-0.39, 0.29) is 5.91 Å². The Kier molecular flexibility index (Phi) is 8.00. The lowest BCUT2D eigenvalue weighted by atomic mass is 9.98. The number of hydrogen-bond acceptors (Lipinski definition) is 3. The fourth-order valence-corrected chi connectivity index (χ4v) is 1.94. The molecule has 0 spiro atoms. The van der Waals surface area contributed by atoms with E-state index >= 15 is 0 Å². The number of nitrogens with zero attached hydrogens (tertiary/aromatic N) is 1. The van der Waals surface area contributed by atoms with Crippen LogP contribution in [0.25, 0.3) is 16.8 Å². The lowest BCUT2D eigenvalue weighted by Gasteiger charge is -2.14. The number of benzene rings is 2. The molecular weight excluding hydrogens is 266 g/mol. The van der Waals surface area contributed by atoms with Crippen molar-refractivity contribution in [1.82, 2.24) is 4.90 Å². The van der Waals surface area contributed by atoms with Crippen LogP contribution in [0.15, 0.2) is 43.0 Å². The molecule has 2 aromatic rings. The molecule has 0 saturated heterocycles. The quantitative estimate of drug-likeness (QED) is 0.852. The number of fused-ring (bicyclic) bond motifs is 1. The lowest BCUT2D eigenvalue weighted by Crippen LogP contribution is -2.22. The van der Waals surface area contributed by atoms with E-state index in [1.165, 1.54) is 0 Å². The van der Waals surface area contributed by atoms with Crippen LogP contribution < -0.4 is 0 Å². The Hall–Kier alpha value is -2.75. The molecule has 110 valence electrons. The van der Waals surface area contributed by atoms with E-state index in [1.54, 1.807) is 25.1 Å². The summed E-state index contributed by atoms with van der Waals surface area (Å²) in [5, 5.41) is 2.19. The van der Waals surface area contributed by atoms with Gasteiger partial charge in [-0.05, 0) is 22.4 Å². The summed E-state index contributed by atoms with van der Waals surface area (Å²) in [4.78, 5) is 29.6. The van der Waals surface area contributed by atoms with Crippen molar-refractivity contribution < 1.29 is 14.4 Å². The summed E-state index contributed by atoms with van der Waals surface area (Å²) in [5.41, 5.74) is 1.60. The zero-order chi connectivity index (χ0) is 16.4. The second-order valence-electron chi connectivity index (χ2n) is 4.15. The average molecular weight is 285 g/mol. The van der Waals surface area contributed by atoms with E-state index in [4.69, 9.17) is 9.59 Å². The topological polar surface area (TPSA) is 54.5 Å². The Morgan fingerprint density at radius 1 is 1.00 bits per heavy atom. The third-order valence-electron chi connectivity index (χ3n) is 2.81. The van der Waals surface area contributed by atoms with Crippen LogP contribution in [0.2, 0.25) is 0 Å². The molecule has 2 rings (SSSR count). The molecule has 21 heavy (non-hydrogen) atoms. The monoisotopic (exact) mass is 285 g/mol. The Balaban J connectivity index is 0.000000921. The maximum absolute atomic E-state index is 12.0. The van der Waals surface area contributed by atoms with Crippen molar-refractivity contribution >= 4 is 36.3 Å². The third kappa shape index (κ3) is 4.11. The first-order valence-electron chi connectivity index (χ1n) is 6.08. The molecule has 0 atom stereocenters. The summed E-state index contributed by atoms with van der Waals surface area (Å²) in [6.45, 7) is 7.81. The van der Waals surface area contributed by atoms with Crippen molar-refractivity contribution in [1.29, 1.82) is 0 Å². The molecule has 1 amide bonds. The van der Waals surface area contributed by atoms with Crippen molar-refractivity contribution in [3.63, 3.8) is 0 Å². The van der Waals surface area contributed by atoms with Crippen LogP contribution in [0, 0.1) is 0 Å². The second kappa shape index (κ2) is 9.20. The molecule has 0 heterocycles. The number of hydrogen-bond donors (Lipinski definition) is 0. The zero-order valence-electron chi connectivity index (χ0n) is 12.3. The smallest absolute Gasteiger partial charge is 0.253 e. The minimum Gasteiger partial charge on any atom is -0.345 e. The van der Waals surface area contributed by atoms with Crippen molar-refractivity contribution in [2.75, 3.05) is 14.1 Å². The summed E-state index contributed by atoms with van der Waals surface area (Å²) in [7, 11) is 3.51. The van der Waals surface area contributed by atoms with Gasteiger partial charge >= 0.3 is 0 Å². The van der Waals surface area contributed by atoms with Crippen LogP contribution in [-0.4, -0.2) is 38.5 Å². The standard InChI is InChI=1S/C15H15NO.2CH2O/c1-4-12-13-8-6-5-7-11(13)9-10-14(12)15(17)16(2)3;2*1-2/h4-10H,1H2,2-3H3;2*1H2. The first kappa shape index (κ1) is 18.2. The van der Waals surface area contributed by atoms with Gasteiger partial charge in [-0.2, -0.15) is 0 Å². The SMILES string of the molecule is C=Cc1c(C(=O)N(C)C)ccc2ccccc12.C=O.C=O. The zero-order valence-corrected chi connectivity index (χ0v) is 12.3. The largest absolute Gasteiger partial charge is 0.345 e. The molecule has 0 fully saturated rings. The summed E-state index contributed by atoms with van der Waals surface area (Å²) < 4.78 is 0. The molecule has 0 aliphatic carbocycles. The molecule has 0 bridgehead atoms. The van der Waals surface area contributed by atoms with Gasteiger partial charge in [0.15, 0.2) is 0 Å². The van der Waals surface area contributed by atoms with E-state index in [9.17, 15) is 4.79 Å². The van der Waals surface area contributed by atoms with Gasteiger partial charge in [-0.3, -0.25) is 4.79 Å². The highest BCUT2D eigenvalue weighted by Crippen LogP contribution is 2.24. The molecule has 0 aromatic heterocycles. The fraction of sp³-hybridized carbons (Fsp3) is 0.118. The van der Waals surface area contributed by atoms with E-state index in [2.05, 4.69) is 6.58 Å². The molecule has 0 aliphatic heterocycles. The van der Waals surface area contributed by atoms with Gasteiger partial charge in [0.2, 0.25) is 0 Å². The number of carbonyl (C=O) groups is 3. The Labute approximate surface area is 124 Å². The molecule has 0 saturated carbocycles. The van der Waals surface area contributed by atoms with Crippen molar-refractivity contribution in [3.05, 3.63) is 54.1 Å². The highest BCUT2D eigenvalue weighted by Gasteiger charge is 2.13. The van der Waals surface area contributed by atoms with Crippen LogP contribution in [-0.2, 0) is 9.59 Å². The Morgan fingerprint density at radius 2 is 1.57 bits per heavy atom. The van der Waals surface area contributed by atoms with Gasteiger partial charge in [-0.1, -0.05) is 43.0 Å². The molecule has 0 radical (unpaired) electrons. The fourth-order valence-electron chi connectivity index (χ4n) is 1.94. The maximum Gasteiger partial charge on any atom is 0.253 e. The van der Waals surface area contributed by atoms with Gasteiger partial charge in [0.25, 0.3) is 5.91 Å². The van der Waals surface area contributed by atoms with Crippen LogP contribution in [0.5, 0.6) is 0 Å². The van der Waals surface area contributed by atoms with E-state index in [0.717, 1.165) is 16.3 Å². The lowest BCUT2D eigenvalue weighted by molar-refractivity contribution is -0.0987. The van der Waals surface area contributed by atoms with Gasteiger partial charge in [-0.25, -0.2) is 0 Å². The highest BCUT2D eigenvalue weighted by atomic mass is 16.2. The molecule has 0 aliphatic rings. The van der Waals surface area contributed by atoms with Gasteiger partial charge in [0.1, 0.15) is 13.6 Å². The number of rotatable bonds is 2. The second-order valence-corrected chi connectivity index (χ2v) is 4.15. The molecule has 4 heteroatoms. The van der Waals surface area contributed by atoms with Crippen LogP contribution in [0.4, 0.5) is 0 Å². The Morgan fingerprint density at radius 3 is 2.10 bits per heavy atom. The highest BCUT2D eigenvalue weighted by molar-refractivity contribution is 6.04. The molecular formula is C17H19NO3. The molecule has 0 N–H and O–H groups in total. The average Bonchev–Trinajstić information content (AvgIpc) is 2.56. The van der Waals surface area contributed by atoms with Crippen molar-refractivity contribution in [2.24, 2.45) is 0 Å².